The molecule has 2 saturated heterocycles. The summed E-state index contributed by atoms with van der Waals surface area (Å²) in [4.78, 5) is 2.81. The highest BCUT2D eigenvalue weighted by Gasteiger charge is 2.36. The average Bonchev–Trinajstić information content (AvgIpc) is 2.37. The van der Waals surface area contributed by atoms with E-state index in [9.17, 15) is 0 Å². The van der Waals surface area contributed by atoms with Crippen LogP contribution in [0.15, 0.2) is 0 Å². The molecule has 3 nitrogen and oxygen atoms in total. The minimum atomic E-state index is 0.431. The van der Waals surface area contributed by atoms with Gasteiger partial charge in [-0.15, -0.1) is 0 Å². The first kappa shape index (κ1) is 16.3. The number of rotatable bonds is 4. The topological polar surface area (TPSA) is 24.5 Å². The summed E-state index contributed by atoms with van der Waals surface area (Å²) in [7, 11) is 0. The summed E-state index contributed by atoms with van der Waals surface area (Å²) in [5, 5.41) is 3.79. The number of nitrogens with zero attached hydrogens (tertiary/aromatic N) is 1. The van der Waals surface area contributed by atoms with Crippen molar-refractivity contribution in [3.63, 3.8) is 0 Å². The molecular weight excluding hydrogens is 248 g/mol. The Kier molecular flexibility index (Phi) is 5.88. The molecular formula is C17H34N2O. The third-order valence-electron chi connectivity index (χ3n) is 4.92. The van der Waals surface area contributed by atoms with Crippen LogP contribution in [0.5, 0.6) is 0 Å². The fourth-order valence-corrected chi connectivity index (χ4v) is 3.90. The normalized spacial score (nSPS) is 36.8. The molecule has 0 aromatic heterocycles. The van der Waals surface area contributed by atoms with Gasteiger partial charge in [-0.05, 0) is 38.0 Å². The zero-order chi connectivity index (χ0) is 14.7. The predicted octanol–water partition coefficient (Wildman–Crippen LogP) is 2.90. The number of nitrogens with one attached hydrogen (secondary N) is 1. The minimum absolute atomic E-state index is 0.431. The molecule has 0 radical (unpaired) electrons. The Hall–Kier alpha value is -0.120. The van der Waals surface area contributed by atoms with Crippen molar-refractivity contribution < 1.29 is 4.74 Å². The van der Waals surface area contributed by atoms with Gasteiger partial charge in [0, 0.05) is 37.8 Å². The molecule has 2 fully saturated rings. The van der Waals surface area contributed by atoms with Crippen molar-refractivity contribution in [1.82, 2.24) is 10.2 Å². The highest BCUT2D eigenvalue weighted by Crippen LogP contribution is 2.27. The average molecular weight is 282 g/mol. The van der Waals surface area contributed by atoms with E-state index in [2.05, 4.69) is 44.8 Å². The standard InChI is InChI=1S/C17H34N2O/c1-12(2)8-15-11-19(17(10-18-15)13(3)4)16-6-7-20-14(5)9-16/h12-18H,6-11H2,1-5H3. The maximum Gasteiger partial charge on any atom is 0.0561 e. The van der Waals surface area contributed by atoms with E-state index >= 15 is 0 Å². The largest absolute Gasteiger partial charge is 0.378 e. The number of piperazine rings is 1. The van der Waals surface area contributed by atoms with Gasteiger partial charge in [0.15, 0.2) is 0 Å². The molecule has 2 aliphatic heterocycles. The molecule has 118 valence electrons. The molecule has 0 spiro atoms. The monoisotopic (exact) mass is 282 g/mol. The summed E-state index contributed by atoms with van der Waals surface area (Å²) in [5.41, 5.74) is 0. The molecule has 2 rings (SSSR count). The van der Waals surface area contributed by atoms with Crippen LogP contribution in [-0.4, -0.2) is 48.8 Å². The molecule has 0 bridgehead atoms. The van der Waals surface area contributed by atoms with Crippen molar-refractivity contribution >= 4 is 0 Å². The summed E-state index contributed by atoms with van der Waals surface area (Å²) in [6, 6.07) is 2.08. The molecule has 2 heterocycles. The van der Waals surface area contributed by atoms with Crippen LogP contribution in [0.3, 0.4) is 0 Å². The smallest absolute Gasteiger partial charge is 0.0561 e. The van der Waals surface area contributed by atoms with Crippen LogP contribution >= 0.6 is 0 Å². The maximum absolute atomic E-state index is 5.74. The van der Waals surface area contributed by atoms with Crippen LogP contribution in [0.25, 0.3) is 0 Å². The Bertz CT molecular complexity index is 293. The van der Waals surface area contributed by atoms with Gasteiger partial charge < -0.3 is 10.1 Å². The summed E-state index contributed by atoms with van der Waals surface area (Å²) in [6.07, 6.45) is 4.14. The second-order valence-electron chi connectivity index (χ2n) is 7.60. The van der Waals surface area contributed by atoms with E-state index < -0.39 is 0 Å². The zero-order valence-corrected chi connectivity index (χ0v) is 14.1. The second kappa shape index (κ2) is 7.24. The van der Waals surface area contributed by atoms with Gasteiger partial charge in [0.2, 0.25) is 0 Å². The molecule has 4 atom stereocenters. The molecule has 4 unspecified atom stereocenters. The third-order valence-corrected chi connectivity index (χ3v) is 4.92. The Balaban J connectivity index is 2.02. The summed E-state index contributed by atoms with van der Waals surface area (Å²) < 4.78 is 5.74. The molecule has 0 aromatic rings. The van der Waals surface area contributed by atoms with Crippen LogP contribution in [0.2, 0.25) is 0 Å². The first-order valence-corrected chi connectivity index (χ1v) is 8.58. The summed E-state index contributed by atoms with van der Waals surface area (Å²) in [6.45, 7) is 14.9. The lowest BCUT2D eigenvalue weighted by molar-refractivity contribution is -0.0454. The first-order chi connectivity index (χ1) is 9.47. The number of hydrogen-bond acceptors (Lipinski definition) is 3. The number of ether oxygens (including phenoxy) is 1. The van der Waals surface area contributed by atoms with Crippen molar-refractivity contribution in [3.8, 4) is 0 Å². The van der Waals surface area contributed by atoms with Crippen LogP contribution in [-0.2, 0) is 4.74 Å². The van der Waals surface area contributed by atoms with E-state index in [1.807, 2.05) is 0 Å². The van der Waals surface area contributed by atoms with E-state index in [0.717, 1.165) is 31.0 Å². The lowest BCUT2D eigenvalue weighted by atomic mass is 9.91. The van der Waals surface area contributed by atoms with E-state index in [-0.39, 0.29) is 0 Å². The van der Waals surface area contributed by atoms with Crippen LogP contribution in [0.1, 0.15) is 53.9 Å². The molecule has 1 N–H and O–H groups in total. The van der Waals surface area contributed by atoms with Gasteiger partial charge in [-0.2, -0.15) is 0 Å². The zero-order valence-electron chi connectivity index (χ0n) is 14.1. The molecule has 2 aliphatic rings. The molecule has 20 heavy (non-hydrogen) atoms. The Morgan fingerprint density at radius 3 is 2.60 bits per heavy atom. The molecule has 3 heteroatoms. The fourth-order valence-electron chi connectivity index (χ4n) is 3.90. The number of hydrogen-bond donors (Lipinski definition) is 1. The Labute approximate surface area is 125 Å². The summed E-state index contributed by atoms with van der Waals surface area (Å²) in [5.74, 6) is 1.50. The van der Waals surface area contributed by atoms with E-state index in [0.29, 0.717) is 18.2 Å². The van der Waals surface area contributed by atoms with Crippen molar-refractivity contribution in [2.75, 3.05) is 19.7 Å². The fraction of sp³-hybridized carbons (Fsp3) is 1.00. The first-order valence-electron chi connectivity index (χ1n) is 8.58. The Morgan fingerprint density at radius 2 is 2.00 bits per heavy atom. The minimum Gasteiger partial charge on any atom is -0.378 e. The van der Waals surface area contributed by atoms with E-state index in [1.165, 1.54) is 25.8 Å². The van der Waals surface area contributed by atoms with E-state index in [4.69, 9.17) is 4.74 Å². The van der Waals surface area contributed by atoms with Crippen molar-refractivity contribution in [3.05, 3.63) is 0 Å². The quantitative estimate of drug-likeness (QED) is 0.858. The highest BCUT2D eigenvalue weighted by atomic mass is 16.5. The summed E-state index contributed by atoms with van der Waals surface area (Å²) >= 11 is 0. The van der Waals surface area contributed by atoms with Crippen molar-refractivity contribution in [2.24, 2.45) is 11.8 Å². The highest BCUT2D eigenvalue weighted by molar-refractivity contribution is 4.93. The second-order valence-corrected chi connectivity index (χ2v) is 7.60. The molecule has 0 saturated carbocycles. The molecule has 0 amide bonds. The van der Waals surface area contributed by atoms with Crippen molar-refractivity contribution in [2.45, 2.75) is 78.1 Å². The van der Waals surface area contributed by atoms with Gasteiger partial charge in [0.1, 0.15) is 0 Å². The van der Waals surface area contributed by atoms with Crippen LogP contribution in [0, 0.1) is 11.8 Å². The Morgan fingerprint density at radius 1 is 1.25 bits per heavy atom. The van der Waals surface area contributed by atoms with Gasteiger partial charge in [-0.1, -0.05) is 27.7 Å². The molecule has 0 aliphatic carbocycles. The van der Waals surface area contributed by atoms with Crippen LogP contribution < -0.4 is 5.32 Å². The third kappa shape index (κ3) is 4.19. The molecule has 0 aromatic carbocycles. The van der Waals surface area contributed by atoms with Crippen molar-refractivity contribution in [1.29, 1.82) is 0 Å². The SMILES string of the molecule is CC(C)CC1CN(C2CCOC(C)C2)C(C(C)C)CN1. The maximum atomic E-state index is 5.74. The van der Waals surface area contributed by atoms with E-state index in [1.54, 1.807) is 0 Å². The van der Waals surface area contributed by atoms with Crippen LogP contribution in [0.4, 0.5) is 0 Å². The van der Waals surface area contributed by atoms with Gasteiger partial charge in [0.25, 0.3) is 0 Å². The predicted molar refractivity (Wildman–Crippen MR) is 85.0 cm³/mol. The lowest BCUT2D eigenvalue weighted by Gasteiger charge is -2.48. The van der Waals surface area contributed by atoms with Gasteiger partial charge in [0.05, 0.1) is 6.10 Å². The lowest BCUT2D eigenvalue weighted by Crippen LogP contribution is -2.62. The van der Waals surface area contributed by atoms with Gasteiger partial charge >= 0.3 is 0 Å². The van der Waals surface area contributed by atoms with Gasteiger partial charge in [-0.3, -0.25) is 4.90 Å². The van der Waals surface area contributed by atoms with Gasteiger partial charge in [-0.25, -0.2) is 0 Å².